The molecule has 3 N–H and O–H groups in total. The molecule has 126 valence electrons. The van der Waals surface area contributed by atoms with Crippen LogP contribution in [-0.4, -0.2) is 21.9 Å². The highest BCUT2D eigenvalue weighted by Gasteiger charge is 2.04. The second kappa shape index (κ2) is 15.7. The molecule has 0 aromatic rings. The summed E-state index contributed by atoms with van der Waals surface area (Å²) in [4.78, 5) is 0. The lowest BCUT2D eigenvalue weighted by Crippen LogP contribution is -1.93. The van der Waals surface area contributed by atoms with E-state index in [0.29, 0.717) is 12.8 Å². The Hall–Kier alpha value is -0.700. The normalized spacial score (nSPS) is 12.5. The van der Waals surface area contributed by atoms with Crippen molar-refractivity contribution in [1.82, 2.24) is 0 Å². The first-order chi connectivity index (χ1) is 10.2. The van der Waals surface area contributed by atoms with Gasteiger partial charge < -0.3 is 15.3 Å². The van der Waals surface area contributed by atoms with Crippen molar-refractivity contribution in [2.75, 3.05) is 6.61 Å². The Morgan fingerprint density at radius 1 is 0.571 bits per heavy atom. The molecule has 0 aliphatic rings. The summed E-state index contributed by atoms with van der Waals surface area (Å²) < 4.78 is 0. The summed E-state index contributed by atoms with van der Waals surface area (Å²) in [5.74, 6) is 0.393. The highest BCUT2D eigenvalue weighted by atomic mass is 16.3. The molecule has 0 radical (unpaired) electrons. The summed E-state index contributed by atoms with van der Waals surface area (Å²) in [6.45, 7) is 2.50. The van der Waals surface area contributed by atoms with Gasteiger partial charge >= 0.3 is 0 Å². The summed E-state index contributed by atoms with van der Waals surface area (Å²) in [5.41, 5.74) is 0. The van der Waals surface area contributed by atoms with E-state index in [1.54, 1.807) is 0 Å². The molecule has 0 saturated carbocycles. The zero-order valence-corrected chi connectivity index (χ0v) is 13.9. The maximum Gasteiger partial charge on any atom is 0.129 e. The lowest BCUT2D eigenvalue weighted by atomic mass is 10.1. The fraction of sp³-hybridized carbons (Fsp3) is 0.889. The van der Waals surface area contributed by atoms with E-state index >= 15 is 0 Å². The second-order valence-electron chi connectivity index (χ2n) is 6.01. The van der Waals surface area contributed by atoms with Gasteiger partial charge in [0.2, 0.25) is 0 Å². The standard InChI is InChI=1S/C18H36O3/c1-2-3-4-5-8-11-14-17(20)18(21)15-12-9-6-7-10-13-16-19/h19-21H,2-16H2,1H3/b18-17+. The van der Waals surface area contributed by atoms with Crippen molar-refractivity contribution >= 4 is 0 Å². The van der Waals surface area contributed by atoms with E-state index in [4.69, 9.17) is 5.11 Å². The van der Waals surface area contributed by atoms with E-state index < -0.39 is 0 Å². The first-order valence-electron chi connectivity index (χ1n) is 8.93. The van der Waals surface area contributed by atoms with E-state index in [0.717, 1.165) is 51.4 Å². The topological polar surface area (TPSA) is 60.7 Å². The minimum Gasteiger partial charge on any atom is -0.509 e. The fourth-order valence-electron chi connectivity index (χ4n) is 2.47. The van der Waals surface area contributed by atoms with Crippen molar-refractivity contribution in [1.29, 1.82) is 0 Å². The average molecular weight is 300 g/mol. The third kappa shape index (κ3) is 14.0. The van der Waals surface area contributed by atoms with Gasteiger partial charge in [-0.3, -0.25) is 0 Å². The maximum atomic E-state index is 9.80. The molecule has 3 heteroatoms. The van der Waals surface area contributed by atoms with E-state index in [9.17, 15) is 10.2 Å². The molecule has 0 spiro atoms. The van der Waals surface area contributed by atoms with Crippen LogP contribution in [-0.2, 0) is 0 Å². The van der Waals surface area contributed by atoms with Crippen LogP contribution >= 0.6 is 0 Å². The number of hydrogen-bond acceptors (Lipinski definition) is 3. The van der Waals surface area contributed by atoms with Crippen LogP contribution in [0.3, 0.4) is 0 Å². The fourth-order valence-corrected chi connectivity index (χ4v) is 2.47. The molecule has 0 amide bonds. The van der Waals surface area contributed by atoms with Crippen molar-refractivity contribution in [3.63, 3.8) is 0 Å². The molecule has 0 aromatic carbocycles. The van der Waals surface area contributed by atoms with Gasteiger partial charge in [0, 0.05) is 19.4 Å². The van der Waals surface area contributed by atoms with Crippen LogP contribution in [0.15, 0.2) is 11.5 Å². The highest BCUT2D eigenvalue weighted by molar-refractivity contribution is 4.98. The van der Waals surface area contributed by atoms with Gasteiger partial charge in [0.05, 0.1) is 0 Å². The zero-order chi connectivity index (χ0) is 15.8. The molecule has 21 heavy (non-hydrogen) atoms. The Morgan fingerprint density at radius 3 is 1.38 bits per heavy atom. The van der Waals surface area contributed by atoms with Gasteiger partial charge in [0.1, 0.15) is 11.5 Å². The average Bonchev–Trinajstić information content (AvgIpc) is 2.49. The van der Waals surface area contributed by atoms with Crippen molar-refractivity contribution < 1.29 is 15.3 Å². The molecule has 0 aromatic heterocycles. The third-order valence-electron chi connectivity index (χ3n) is 3.92. The molecule has 0 unspecified atom stereocenters. The van der Waals surface area contributed by atoms with Crippen LogP contribution in [0.2, 0.25) is 0 Å². The van der Waals surface area contributed by atoms with Crippen LogP contribution in [0.1, 0.15) is 96.8 Å². The van der Waals surface area contributed by atoms with E-state index in [1.165, 1.54) is 25.7 Å². The summed E-state index contributed by atoms with van der Waals surface area (Å²) >= 11 is 0. The van der Waals surface area contributed by atoms with Crippen LogP contribution in [0.4, 0.5) is 0 Å². The first kappa shape index (κ1) is 20.3. The molecular weight excluding hydrogens is 264 g/mol. The maximum absolute atomic E-state index is 9.80. The SMILES string of the molecule is CCCCCCCC/C(O)=C(\O)CCCCCCCCO. The van der Waals surface area contributed by atoms with Gasteiger partial charge in [-0.25, -0.2) is 0 Å². The van der Waals surface area contributed by atoms with Gasteiger partial charge in [-0.1, -0.05) is 64.7 Å². The molecule has 3 nitrogen and oxygen atoms in total. The predicted octanol–water partition coefficient (Wildman–Crippen LogP) is 5.79. The van der Waals surface area contributed by atoms with E-state index in [-0.39, 0.29) is 18.1 Å². The lowest BCUT2D eigenvalue weighted by Gasteiger charge is -2.06. The molecule has 0 bridgehead atoms. The molecule has 0 aliphatic heterocycles. The Kier molecular flexibility index (Phi) is 15.2. The van der Waals surface area contributed by atoms with Crippen molar-refractivity contribution in [3.8, 4) is 0 Å². The van der Waals surface area contributed by atoms with E-state index in [2.05, 4.69) is 6.92 Å². The van der Waals surface area contributed by atoms with Crippen molar-refractivity contribution in [2.45, 2.75) is 96.8 Å². The van der Waals surface area contributed by atoms with Gasteiger partial charge in [-0.05, 0) is 19.3 Å². The molecule has 0 rings (SSSR count). The molecular formula is C18H36O3. The molecule has 0 saturated heterocycles. The quantitative estimate of drug-likeness (QED) is 0.265. The minimum absolute atomic E-state index is 0.193. The highest BCUT2D eigenvalue weighted by Crippen LogP contribution is 2.16. The molecule has 0 atom stereocenters. The Morgan fingerprint density at radius 2 is 0.952 bits per heavy atom. The van der Waals surface area contributed by atoms with E-state index in [1.807, 2.05) is 0 Å². The second-order valence-corrected chi connectivity index (χ2v) is 6.01. The first-order valence-corrected chi connectivity index (χ1v) is 8.93. The number of allylic oxidation sites excluding steroid dienone is 2. The summed E-state index contributed by atoms with van der Waals surface area (Å²) in [6.07, 6.45) is 14.7. The molecule has 0 heterocycles. The van der Waals surface area contributed by atoms with Crippen LogP contribution < -0.4 is 0 Å². The van der Waals surface area contributed by atoms with Crippen molar-refractivity contribution in [3.05, 3.63) is 11.5 Å². The van der Waals surface area contributed by atoms with Gasteiger partial charge in [-0.2, -0.15) is 0 Å². The Balaban J connectivity index is 3.50. The zero-order valence-electron chi connectivity index (χ0n) is 13.9. The third-order valence-corrected chi connectivity index (χ3v) is 3.92. The lowest BCUT2D eigenvalue weighted by molar-refractivity contribution is 0.281. The smallest absolute Gasteiger partial charge is 0.129 e. The summed E-state index contributed by atoms with van der Waals surface area (Å²) in [6, 6.07) is 0. The number of aliphatic hydroxyl groups excluding tert-OH is 3. The summed E-state index contributed by atoms with van der Waals surface area (Å²) in [7, 11) is 0. The largest absolute Gasteiger partial charge is 0.509 e. The minimum atomic E-state index is 0.193. The Labute approximate surface area is 131 Å². The monoisotopic (exact) mass is 300 g/mol. The number of unbranched alkanes of at least 4 members (excludes halogenated alkanes) is 10. The van der Waals surface area contributed by atoms with Gasteiger partial charge in [-0.15, -0.1) is 0 Å². The number of aliphatic hydroxyl groups is 3. The number of rotatable bonds is 15. The van der Waals surface area contributed by atoms with Crippen LogP contribution in [0.25, 0.3) is 0 Å². The molecule has 0 aliphatic carbocycles. The summed E-state index contributed by atoms with van der Waals surface area (Å²) in [5, 5.41) is 28.3. The molecule has 0 fully saturated rings. The van der Waals surface area contributed by atoms with Gasteiger partial charge in [0.15, 0.2) is 0 Å². The van der Waals surface area contributed by atoms with Crippen LogP contribution in [0.5, 0.6) is 0 Å². The number of hydrogen-bond donors (Lipinski definition) is 3. The van der Waals surface area contributed by atoms with Crippen molar-refractivity contribution in [2.24, 2.45) is 0 Å². The van der Waals surface area contributed by atoms with Gasteiger partial charge in [0.25, 0.3) is 0 Å². The van der Waals surface area contributed by atoms with Crippen LogP contribution in [0, 0.1) is 0 Å². The Bertz CT molecular complexity index is 249. The predicted molar refractivity (Wildman–Crippen MR) is 89.7 cm³/mol.